The molecule has 0 aliphatic heterocycles. The van der Waals surface area contributed by atoms with Crippen LogP contribution in [0.2, 0.25) is 0 Å². The SMILES string of the molecule is C=CCCCCCCCCC/C(O)=C\CCC. The Kier molecular flexibility index (Phi) is 12.8. The van der Waals surface area contributed by atoms with Gasteiger partial charge in [0.2, 0.25) is 0 Å². The van der Waals surface area contributed by atoms with E-state index in [9.17, 15) is 5.11 Å². The van der Waals surface area contributed by atoms with E-state index in [2.05, 4.69) is 13.5 Å². The molecule has 0 aliphatic carbocycles. The first-order valence-corrected chi connectivity index (χ1v) is 7.30. The lowest BCUT2D eigenvalue weighted by atomic mass is 10.1. The van der Waals surface area contributed by atoms with Gasteiger partial charge in [-0.3, -0.25) is 0 Å². The molecule has 0 unspecified atom stereocenters. The normalized spacial score (nSPS) is 11.7. The van der Waals surface area contributed by atoms with Crippen LogP contribution in [0, 0.1) is 0 Å². The van der Waals surface area contributed by atoms with Gasteiger partial charge in [-0.2, -0.15) is 0 Å². The number of allylic oxidation sites excluding steroid dienone is 3. The molecule has 0 bridgehead atoms. The molecule has 1 N–H and O–H groups in total. The van der Waals surface area contributed by atoms with Gasteiger partial charge < -0.3 is 5.11 Å². The van der Waals surface area contributed by atoms with Crippen molar-refractivity contribution in [2.75, 3.05) is 0 Å². The van der Waals surface area contributed by atoms with E-state index in [0.29, 0.717) is 5.76 Å². The Hall–Kier alpha value is -0.720. The van der Waals surface area contributed by atoms with Crippen molar-refractivity contribution >= 4 is 0 Å². The van der Waals surface area contributed by atoms with Gasteiger partial charge in [0.05, 0.1) is 5.76 Å². The van der Waals surface area contributed by atoms with Gasteiger partial charge in [-0.15, -0.1) is 6.58 Å². The van der Waals surface area contributed by atoms with Crippen LogP contribution in [0.5, 0.6) is 0 Å². The Labute approximate surface area is 108 Å². The van der Waals surface area contributed by atoms with Crippen LogP contribution in [0.4, 0.5) is 0 Å². The molecule has 0 aromatic rings. The van der Waals surface area contributed by atoms with Crippen molar-refractivity contribution in [3.05, 3.63) is 24.5 Å². The summed E-state index contributed by atoms with van der Waals surface area (Å²) in [5.41, 5.74) is 0. The smallest absolute Gasteiger partial charge is 0.0882 e. The minimum atomic E-state index is 0.595. The van der Waals surface area contributed by atoms with Gasteiger partial charge in [0, 0.05) is 6.42 Å². The van der Waals surface area contributed by atoms with Crippen molar-refractivity contribution in [1.29, 1.82) is 0 Å². The molecule has 1 nitrogen and oxygen atoms in total. The lowest BCUT2D eigenvalue weighted by Gasteiger charge is -2.02. The van der Waals surface area contributed by atoms with E-state index in [-0.39, 0.29) is 0 Å². The Balaban J connectivity index is 3.15. The van der Waals surface area contributed by atoms with E-state index in [4.69, 9.17) is 0 Å². The van der Waals surface area contributed by atoms with E-state index in [0.717, 1.165) is 32.1 Å². The average Bonchev–Trinajstić information content (AvgIpc) is 2.34. The molecule has 0 rings (SSSR count). The molecule has 1 heteroatoms. The third-order valence-electron chi connectivity index (χ3n) is 3.01. The monoisotopic (exact) mass is 238 g/mol. The Morgan fingerprint density at radius 2 is 1.53 bits per heavy atom. The summed E-state index contributed by atoms with van der Waals surface area (Å²) in [4.78, 5) is 0. The fourth-order valence-electron chi connectivity index (χ4n) is 1.89. The molecule has 0 amide bonds. The number of aliphatic hydroxyl groups excluding tert-OH is 1. The first-order valence-electron chi connectivity index (χ1n) is 7.30. The zero-order valence-corrected chi connectivity index (χ0v) is 11.6. The maximum atomic E-state index is 9.53. The summed E-state index contributed by atoms with van der Waals surface area (Å²) < 4.78 is 0. The highest BCUT2D eigenvalue weighted by Gasteiger charge is 1.94. The fraction of sp³-hybridized carbons (Fsp3) is 0.750. The highest BCUT2D eigenvalue weighted by molar-refractivity contribution is 4.90. The number of hydrogen-bond acceptors (Lipinski definition) is 1. The summed E-state index contributed by atoms with van der Waals surface area (Å²) in [7, 11) is 0. The summed E-state index contributed by atoms with van der Waals surface area (Å²) in [5.74, 6) is 0.595. The predicted octanol–water partition coefficient (Wildman–Crippen LogP) is 5.93. The average molecular weight is 238 g/mol. The summed E-state index contributed by atoms with van der Waals surface area (Å²) in [6.45, 7) is 5.86. The van der Waals surface area contributed by atoms with Gasteiger partial charge in [-0.05, 0) is 31.8 Å². The van der Waals surface area contributed by atoms with E-state index in [1.807, 2.05) is 12.2 Å². The first-order chi connectivity index (χ1) is 8.31. The highest BCUT2D eigenvalue weighted by Crippen LogP contribution is 2.12. The van der Waals surface area contributed by atoms with E-state index in [1.54, 1.807) is 0 Å². The molecule has 0 aromatic heterocycles. The summed E-state index contributed by atoms with van der Waals surface area (Å²) >= 11 is 0. The van der Waals surface area contributed by atoms with Crippen LogP contribution in [0.3, 0.4) is 0 Å². The summed E-state index contributed by atoms with van der Waals surface area (Å²) in [5, 5.41) is 9.53. The molecule has 100 valence electrons. The van der Waals surface area contributed by atoms with E-state index < -0.39 is 0 Å². The maximum absolute atomic E-state index is 9.53. The van der Waals surface area contributed by atoms with Crippen LogP contribution in [0.15, 0.2) is 24.5 Å². The van der Waals surface area contributed by atoms with Crippen LogP contribution in [-0.4, -0.2) is 5.11 Å². The van der Waals surface area contributed by atoms with Crippen molar-refractivity contribution in [1.82, 2.24) is 0 Å². The lowest BCUT2D eigenvalue weighted by Crippen LogP contribution is -1.84. The predicted molar refractivity (Wildman–Crippen MR) is 77.4 cm³/mol. The van der Waals surface area contributed by atoms with Crippen molar-refractivity contribution < 1.29 is 5.11 Å². The van der Waals surface area contributed by atoms with Gasteiger partial charge in [0.25, 0.3) is 0 Å². The minimum absolute atomic E-state index is 0.595. The van der Waals surface area contributed by atoms with Crippen LogP contribution in [0.25, 0.3) is 0 Å². The Morgan fingerprint density at radius 3 is 2.12 bits per heavy atom. The van der Waals surface area contributed by atoms with Gasteiger partial charge in [-0.1, -0.05) is 51.5 Å². The molecule has 0 heterocycles. The number of rotatable bonds is 12. The zero-order chi connectivity index (χ0) is 12.8. The van der Waals surface area contributed by atoms with E-state index >= 15 is 0 Å². The molecule has 0 saturated heterocycles. The van der Waals surface area contributed by atoms with Crippen LogP contribution in [0.1, 0.15) is 77.6 Å². The second kappa shape index (κ2) is 13.3. The largest absolute Gasteiger partial charge is 0.513 e. The summed E-state index contributed by atoms with van der Waals surface area (Å²) in [6, 6.07) is 0. The maximum Gasteiger partial charge on any atom is 0.0882 e. The number of aliphatic hydroxyl groups is 1. The molecular weight excluding hydrogens is 208 g/mol. The van der Waals surface area contributed by atoms with Crippen molar-refractivity contribution in [3.63, 3.8) is 0 Å². The van der Waals surface area contributed by atoms with Gasteiger partial charge >= 0.3 is 0 Å². The Morgan fingerprint density at radius 1 is 0.941 bits per heavy atom. The van der Waals surface area contributed by atoms with Crippen molar-refractivity contribution in [2.24, 2.45) is 0 Å². The quantitative estimate of drug-likeness (QED) is 0.254. The third-order valence-corrected chi connectivity index (χ3v) is 3.01. The third kappa shape index (κ3) is 13.2. The topological polar surface area (TPSA) is 20.2 Å². The van der Waals surface area contributed by atoms with Crippen LogP contribution >= 0.6 is 0 Å². The standard InChI is InChI=1S/C16H30O/c1-3-5-7-8-9-10-11-12-13-15-16(17)14-6-4-2/h3,14,17H,1,4-13,15H2,2H3/b16-14+. The van der Waals surface area contributed by atoms with Crippen LogP contribution < -0.4 is 0 Å². The van der Waals surface area contributed by atoms with Crippen LogP contribution in [-0.2, 0) is 0 Å². The molecule has 0 atom stereocenters. The molecule has 0 saturated carbocycles. The molecule has 17 heavy (non-hydrogen) atoms. The first kappa shape index (κ1) is 16.3. The molecule has 0 aliphatic rings. The number of unbranched alkanes of at least 4 members (excludes halogenated alkanes) is 8. The van der Waals surface area contributed by atoms with Gasteiger partial charge in [0.1, 0.15) is 0 Å². The highest BCUT2D eigenvalue weighted by atomic mass is 16.3. The molecular formula is C16H30O. The molecule has 0 fully saturated rings. The molecule has 0 spiro atoms. The fourth-order valence-corrected chi connectivity index (χ4v) is 1.89. The number of hydrogen-bond donors (Lipinski definition) is 1. The lowest BCUT2D eigenvalue weighted by molar-refractivity contribution is 0.377. The second-order valence-corrected chi connectivity index (χ2v) is 4.79. The zero-order valence-electron chi connectivity index (χ0n) is 11.6. The molecule has 0 radical (unpaired) electrons. The molecule has 0 aromatic carbocycles. The Bertz CT molecular complexity index is 194. The van der Waals surface area contributed by atoms with E-state index in [1.165, 1.54) is 38.5 Å². The van der Waals surface area contributed by atoms with Crippen molar-refractivity contribution in [3.8, 4) is 0 Å². The van der Waals surface area contributed by atoms with Crippen molar-refractivity contribution in [2.45, 2.75) is 77.6 Å². The summed E-state index contributed by atoms with van der Waals surface area (Å²) in [6.07, 6.45) is 17.2. The second-order valence-electron chi connectivity index (χ2n) is 4.79. The minimum Gasteiger partial charge on any atom is -0.513 e. The van der Waals surface area contributed by atoms with Gasteiger partial charge in [-0.25, -0.2) is 0 Å². The van der Waals surface area contributed by atoms with Gasteiger partial charge in [0.15, 0.2) is 0 Å².